The van der Waals surface area contributed by atoms with Crippen molar-refractivity contribution in [2.45, 2.75) is 6.10 Å². The number of hydrogen-bond acceptors (Lipinski definition) is 3. The average molecular weight is 191 g/mol. The van der Waals surface area contributed by atoms with Gasteiger partial charge in [-0.2, -0.15) is 5.10 Å². The molecule has 14 heavy (non-hydrogen) atoms. The molecule has 1 aromatic carbocycles. The Morgan fingerprint density at radius 1 is 1.57 bits per heavy atom. The fourth-order valence-electron chi connectivity index (χ4n) is 1.58. The van der Waals surface area contributed by atoms with Gasteiger partial charge in [-0.25, -0.2) is 0 Å². The average Bonchev–Trinajstić information content (AvgIpc) is 2.56. The summed E-state index contributed by atoms with van der Waals surface area (Å²) in [4.78, 5) is 0. The van der Waals surface area contributed by atoms with Crippen LogP contribution in [0.1, 0.15) is 11.7 Å². The number of aryl methyl sites for hydroxylation is 1. The van der Waals surface area contributed by atoms with E-state index in [1.807, 2.05) is 31.4 Å². The van der Waals surface area contributed by atoms with Gasteiger partial charge >= 0.3 is 0 Å². The van der Waals surface area contributed by atoms with Gasteiger partial charge < -0.3 is 10.8 Å². The predicted octanol–water partition coefficient (Wildman–Crippen LogP) is 0.565. The van der Waals surface area contributed by atoms with Crippen LogP contribution in [0.5, 0.6) is 0 Å². The SMILES string of the molecule is Cn1cc2cccc(C(O)CN)c2n1. The van der Waals surface area contributed by atoms with Gasteiger partial charge in [-0.15, -0.1) is 0 Å². The third-order valence-corrected chi connectivity index (χ3v) is 2.26. The molecule has 3 N–H and O–H groups in total. The number of rotatable bonds is 2. The summed E-state index contributed by atoms with van der Waals surface area (Å²) in [5, 5.41) is 15.0. The van der Waals surface area contributed by atoms with Gasteiger partial charge in [0.2, 0.25) is 0 Å². The number of nitrogens with two attached hydrogens (primary N) is 1. The first-order valence-electron chi connectivity index (χ1n) is 4.53. The molecule has 0 aliphatic carbocycles. The van der Waals surface area contributed by atoms with E-state index in [1.54, 1.807) is 4.68 Å². The van der Waals surface area contributed by atoms with E-state index >= 15 is 0 Å². The highest BCUT2D eigenvalue weighted by atomic mass is 16.3. The standard InChI is InChI=1S/C10H13N3O/c1-13-6-7-3-2-4-8(9(14)5-11)10(7)12-13/h2-4,6,9,14H,5,11H2,1H3. The Kier molecular flexibility index (Phi) is 2.23. The summed E-state index contributed by atoms with van der Waals surface area (Å²) in [7, 11) is 1.86. The normalized spacial score (nSPS) is 13.4. The van der Waals surface area contributed by atoms with Crippen LogP contribution in [0.4, 0.5) is 0 Å². The molecule has 4 nitrogen and oxygen atoms in total. The molecule has 1 unspecified atom stereocenters. The second-order valence-electron chi connectivity index (χ2n) is 3.34. The van der Waals surface area contributed by atoms with Crippen molar-refractivity contribution in [1.82, 2.24) is 9.78 Å². The summed E-state index contributed by atoms with van der Waals surface area (Å²) < 4.78 is 1.73. The first kappa shape index (κ1) is 9.18. The molecule has 2 aromatic rings. The summed E-state index contributed by atoms with van der Waals surface area (Å²) in [5.74, 6) is 0. The van der Waals surface area contributed by atoms with Crippen molar-refractivity contribution in [3.8, 4) is 0 Å². The van der Waals surface area contributed by atoms with Crippen LogP contribution in [0, 0.1) is 0 Å². The molecule has 2 rings (SSSR count). The van der Waals surface area contributed by atoms with Gasteiger partial charge in [-0.1, -0.05) is 18.2 Å². The smallest absolute Gasteiger partial charge is 0.0981 e. The van der Waals surface area contributed by atoms with Crippen LogP contribution in [-0.2, 0) is 7.05 Å². The number of aliphatic hydroxyl groups is 1. The third kappa shape index (κ3) is 1.38. The maximum Gasteiger partial charge on any atom is 0.0981 e. The lowest BCUT2D eigenvalue weighted by molar-refractivity contribution is 0.188. The van der Waals surface area contributed by atoms with Crippen molar-refractivity contribution in [2.24, 2.45) is 12.8 Å². The molecule has 4 heteroatoms. The zero-order valence-corrected chi connectivity index (χ0v) is 8.01. The number of fused-ring (bicyclic) bond motifs is 1. The van der Waals surface area contributed by atoms with Crippen LogP contribution in [0.2, 0.25) is 0 Å². The van der Waals surface area contributed by atoms with Gasteiger partial charge in [-0.05, 0) is 0 Å². The summed E-state index contributed by atoms with van der Waals surface area (Å²) in [6, 6.07) is 5.72. The van der Waals surface area contributed by atoms with Crippen LogP contribution >= 0.6 is 0 Å². The van der Waals surface area contributed by atoms with E-state index in [9.17, 15) is 5.11 Å². The highest BCUT2D eigenvalue weighted by molar-refractivity contribution is 5.81. The molecule has 0 saturated heterocycles. The van der Waals surface area contributed by atoms with Crippen LogP contribution < -0.4 is 5.73 Å². The number of benzene rings is 1. The first-order valence-corrected chi connectivity index (χ1v) is 4.53. The minimum atomic E-state index is -0.631. The van der Waals surface area contributed by atoms with Gasteiger partial charge in [0.05, 0.1) is 11.6 Å². The van der Waals surface area contributed by atoms with Crippen molar-refractivity contribution in [1.29, 1.82) is 0 Å². The Hall–Kier alpha value is -1.39. The molecule has 0 radical (unpaired) electrons. The predicted molar refractivity (Wildman–Crippen MR) is 54.7 cm³/mol. The van der Waals surface area contributed by atoms with Crippen molar-refractivity contribution in [3.05, 3.63) is 30.0 Å². The third-order valence-electron chi connectivity index (χ3n) is 2.26. The second kappa shape index (κ2) is 3.40. The van der Waals surface area contributed by atoms with Gasteiger partial charge in [-0.3, -0.25) is 4.68 Å². The molecular formula is C10H13N3O. The van der Waals surface area contributed by atoms with Crippen molar-refractivity contribution < 1.29 is 5.11 Å². The Balaban J connectivity index is 2.64. The first-order chi connectivity index (χ1) is 6.72. The number of nitrogens with zero attached hydrogens (tertiary/aromatic N) is 2. The van der Waals surface area contributed by atoms with Crippen LogP contribution in [-0.4, -0.2) is 21.4 Å². The minimum Gasteiger partial charge on any atom is -0.387 e. The Morgan fingerprint density at radius 3 is 3.07 bits per heavy atom. The van der Waals surface area contributed by atoms with E-state index < -0.39 is 6.10 Å². The number of aliphatic hydroxyl groups excluding tert-OH is 1. The Morgan fingerprint density at radius 2 is 2.36 bits per heavy atom. The molecule has 1 heterocycles. The lowest BCUT2D eigenvalue weighted by atomic mass is 10.1. The van der Waals surface area contributed by atoms with Crippen molar-refractivity contribution in [3.63, 3.8) is 0 Å². The molecule has 1 atom stereocenters. The highest BCUT2D eigenvalue weighted by Crippen LogP contribution is 2.21. The van der Waals surface area contributed by atoms with E-state index in [-0.39, 0.29) is 6.54 Å². The summed E-state index contributed by atoms with van der Waals surface area (Å²) in [6.07, 6.45) is 1.29. The second-order valence-corrected chi connectivity index (χ2v) is 3.34. The molecule has 0 spiro atoms. The lowest BCUT2D eigenvalue weighted by Gasteiger charge is -2.07. The fraction of sp³-hybridized carbons (Fsp3) is 0.300. The lowest BCUT2D eigenvalue weighted by Crippen LogP contribution is -2.11. The van der Waals surface area contributed by atoms with Crippen LogP contribution in [0.25, 0.3) is 10.9 Å². The zero-order chi connectivity index (χ0) is 10.1. The maximum absolute atomic E-state index is 9.66. The summed E-state index contributed by atoms with van der Waals surface area (Å²) in [5.41, 5.74) is 7.04. The zero-order valence-electron chi connectivity index (χ0n) is 8.01. The number of aromatic nitrogens is 2. The number of hydrogen-bond donors (Lipinski definition) is 2. The van der Waals surface area contributed by atoms with Crippen molar-refractivity contribution >= 4 is 10.9 Å². The minimum absolute atomic E-state index is 0.218. The van der Waals surface area contributed by atoms with Crippen LogP contribution in [0.15, 0.2) is 24.4 Å². The van der Waals surface area contributed by atoms with Gasteiger partial charge in [0.1, 0.15) is 0 Å². The molecule has 74 valence electrons. The quantitative estimate of drug-likeness (QED) is 0.729. The molecule has 0 aliphatic rings. The summed E-state index contributed by atoms with van der Waals surface area (Å²) in [6.45, 7) is 0.218. The van der Waals surface area contributed by atoms with Gasteiger partial charge in [0.25, 0.3) is 0 Å². The van der Waals surface area contributed by atoms with Gasteiger partial charge in [0, 0.05) is 30.7 Å². The molecule has 0 bridgehead atoms. The van der Waals surface area contributed by atoms with E-state index in [0.29, 0.717) is 0 Å². The maximum atomic E-state index is 9.66. The molecule has 0 saturated carbocycles. The monoisotopic (exact) mass is 191 g/mol. The Bertz CT molecular complexity index is 450. The van der Waals surface area contributed by atoms with Gasteiger partial charge in [0.15, 0.2) is 0 Å². The summed E-state index contributed by atoms with van der Waals surface area (Å²) >= 11 is 0. The molecular weight excluding hydrogens is 178 g/mol. The molecule has 0 aliphatic heterocycles. The molecule has 1 aromatic heterocycles. The fourth-order valence-corrected chi connectivity index (χ4v) is 1.58. The van der Waals surface area contributed by atoms with E-state index in [2.05, 4.69) is 5.10 Å². The largest absolute Gasteiger partial charge is 0.387 e. The van der Waals surface area contributed by atoms with E-state index in [0.717, 1.165) is 16.5 Å². The molecule has 0 amide bonds. The van der Waals surface area contributed by atoms with Crippen molar-refractivity contribution in [2.75, 3.05) is 6.54 Å². The topological polar surface area (TPSA) is 64.1 Å². The Labute approximate surface area is 81.9 Å². The molecule has 0 fully saturated rings. The van der Waals surface area contributed by atoms with Crippen LogP contribution in [0.3, 0.4) is 0 Å². The highest BCUT2D eigenvalue weighted by Gasteiger charge is 2.11. The van der Waals surface area contributed by atoms with E-state index in [1.165, 1.54) is 0 Å². The van der Waals surface area contributed by atoms with E-state index in [4.69, 9.17) is 5.73 Å².